The molecule has 0 saturated carbocycles. The summed E-state index contributed by atoms with van der Waals surface area (Å²) in [4.78, 5) is 16.3. The third-order valence-electron chi connectivity index (χ3n) is 3.01. The molecular formula is C16H18Cl2N2O2S2. The van der Waals surface area contributed by atoms with Gasteiger partial charge in [-0.1, -0.05) is 54.9 Å². The molecular weight excluding hydrogens is 387 g/mol. The van der Waals surface area contributed by atoms with Gasteiger partial charge in [0.15, 0.2) is 0 Å². The summed E-state index contributed by atoms with van der Waals surface area (Å²) in [5.41, 5.74) is 0.859. The molecule has 1 heterocycles. The van der Waals surface area contributed by atoms with Gasteiger partial charge in [-0.2, -0.15) is 0 Å². The average Bonchev–Trinajstić information content (AvgIpc) is 2.99. The van der Waals surface area contributed by atoms with Crippen LogP contribution in [0.4, 0.5) is 4.79 Å². The molecule has 0 N–H and O–H groups in total. The third-order valence-corrected chi connectivity index (χ3v) is 5.34. The van der Waals surface area contributed by atoms with Crippen LogP contribution in [0.25, 0.3) is 0 Å². The van der Waals surface area contributed by atoms with Crippen molar-refractivity contribution in [3.05, 3.63) is 52.5 Å². The molecule has 4 nitrogen and oxygen atoms in total. The smallest absolute Gasteiger partial charge is 0.273 e. The van der Waals surface area contributed by atoms with E-state index in [9.17, 15) is 4.79 Å². The Morgan fingerprint density at radius 1 is 1.38 bits per heavy atom. The number of aromatic nitrogens is 2. The van der Waals surface area contributed by atoms with Gasteiger partial charge in [-0.15, -0.1) is 0 Å². The molecule has 0 radical (unpaired) electrons. The number of imidazole rings is 1. The monoisotopic (exact) mass is 404 g/mol. The lowest BCUT2D eigenvalue weighted by molar-refractivity contribution is 0.271. The van der Waals surface area contributed by atoms with E-state index in [1.54, 1.807) is 24.7 Å². The fraction of sp³-hybridized carbons (Fsp3) is 0.375. The number of nitrogens with zero attached hydrogens (tertiary/aromatic N) is 2. The maximum Gasteiger partial charge on any atom is 0.273 e. The van der Waals surface area contributed by atoms with Crippen LogP contribution in [0.15, 0.2) is 36.9 Å². The number of benzene rings is 1. The molecule has 0 aliphatic rings. The molecule has 130 valence electrons. The highest BCUT2D eigenvalue weighted by Crippen LogP contribution is 2.39. The first-order valence-electron chi connectivity index (χ1n) is 7.36. The van der Waals surface area contributed by atoms with Gasteiger partial charge in [-0.3, -0.25) is 4.79 Å². The lowest BCUT2D eigenvalue weighted by Gasteiger charge is -2.18. The first-order chi connectivity index (χ1) is 11.5. The summed E-state index contributed by atoms with van der Waals surface area (Å²) in [5, 5.41) is 0.948. The van der Waals surface area contributed by atoms with Crippen molar-refractivity contribution < 1.29 is 8.98 Å². The summed E-state index contributed by atoms with van der Waals surface area (Å²) in [6.07, 6.45) is 5.27. The van der Waals surface area contributed by atoms with Gasteiger partial charge in [0.2, 0.25) is 0 Å². The number of halogens is 2. The van der Waals surface area contributed by atoms with E-state index in [1.807, 2.05) is 30.7 Å². The molecule has 1 atom stereocenters. The van der Waals surface area contributed by atoms with Gasteiger partial charge in [-0.25, -0.2) is 4.98 Å². The van der Waals surface area contributed by atoms with E-state index in [2.05, 4.69) is 4.98 Å². The van der Waals surface area contributed by atoms with Crippen molar-refractivity contribution in [1.29, 1.82) is 0 Å². The topological polar surface area (TPSA) is 44.1 Å². The molecule has 0 spiro atoms. The second-order valence-corrected chi connectivity index (χ2v) is 8.59. The van der Waals surface area contributed by atoms with Gasteiger partial charge in [0.1, 0.15) is 0 Å². The normalized spacial score (nSPS) is 12.5. The summed E-state index contributed by atoms with van der Waals surface area (Å²) in [6, 6.07) is 5.32. The van der Waals surface area contributed by atoms with E-state index in [0.29, 0.717) is 29.1 Å². The van der Waals surface area contributed by atoms with E-state index in [0.717, 1.165) is 17.6 Å². The zero-order valence-electron chi connectivity index (χ0n) is 13.3. The Morgan fingerprint density at radius 2 is 2.17 bits per heavy atom. The molecule has 0 amide bonds. The summed E-state index contributed by atoms with van der Waals surface area (Å²) >= 11 is 14.4. The Balaban J connectivity index is 2.09. The number of thioether (sulfide) groups is 1. The number of rotatable bonds is 7. The highest BCUT2D eigenvalue weighted by molar-refractivity contribution is 8.36. The zero-order valence-corrected chi connectivity index (χ0v) is 16.5. The van der Waals surface area contributed by atoms with Crippen LogP contribution in [0.1, 0.15) is 24.7 Å². The van der Waals surface area contributed by atoms with Crippen molar-refractivity contribution >= 4 is 51.5 Å². The minimum Gasteiger partial charge on any atom is -0.336 e. The quantitative estimate of drug-likeness (QED) is 0.521. The molecule has 2 rings (SSSR count). The molecule has 24 heavy (non-hydrogen) atoms. The Kier molecular flexibility index (Phi) is 7.97. The lowest BCUT2D eigenvalue weighted by Crippen LogP contribution is -2.07. The molecule has 0 aliphatic heterocycles. The molecule has 2 aromatic rings. The number of carbonyl (C=O) groups is 1. The predicted molar refractivity (Wildman–Crippen MR) is 103 cm³/mol. The second-order valence-electron chi connectivity index (χ2n) is 5.54. The molecule has 0 aliphatic carbocycles. The largest absolute Gasteiger partial charge is 0.336 e. The number of hydrogen-bond acceptors (Lipinski definition) is 5. The fourth-order valence-corrected chi connectivity index (χ4v) is 4.40. The van der Waals surface area contributed by atoms with Crippen molar-refractivity contribution in [3.63, 3.8) is 0 Å². The fourth-order valence-electron chi connectivity index (χ4n) is 1.90. The van der Waals surface area contributed by atoms with E-state index in [-0.39, 0.29) is 9.70 Å². The Bertz CT molecular complexity index is 666. The van der Waals surface area contributed by atoms with Crippen LogP contribution < -0.4 is 0 Å². The SMILES string of the molecule is CC(C)COSC(=O)SC(Cn1ccnc1)c1ccc(Cl)cc1Cl. The van der Waals surface area contributed by atoms with Gasteiger partial charge in [0, 0.05) is 29.0 Å². The Hall–Kier alpha value is -0.660. The van der Waals surface area contributed by atoms with Gasteiger partial charge in [0.25, 0.3) is 4.45 Å². The van der Waals surface area contributed by atoms with Crippen LogP contribution in [0.5, 0.6) is 0 Å². The summed E-state index contributed by atoms with van der Waals surface area (Å²) in [7, 11) is 0. The van der Waals surface area contributed by atoms with Gasteiger partial charge >= 0.3 is 0 Å². The van der Waals surface area contributed by atoms with E-state index in [1.165, 1.54) is 11.8 Å². The highest BCUT2D eigenvalue weighted by Gasteiger charge is 2.21. The molecule has 0 saturated heterocycles. The number of carbonyl (C=O) groups excluding carboxylic acids is 1. The van der Waals surface area contributed by atoms with Crippen LogP contribution in [0.3, 0.4) is 0 Å². The summed E-state index contributed by atoms with van der Waals surface area (Å²) in [5.74, 6) is 0.378. The average molecular weight is 405 g/mol. The molecule has 8 heteroatoms. The van der Waals surface area contributed by atoms with E-state index >= 15 is 0 Å². The van der Waals surface area contributed by atoms with Crippen molar-refractivity contribution in [1.82, 2.24) is 9.55 Å². The van der Waals surface area contributed by atoms with Crippen LogP contribution in [-0.2, 0) is 10.7 Å². The van der Waals surface area contributed by atoms with Gasteiger partial charge in [-0.05, 0) is 23.6 Å². The first kappa shape index (κ1) is 19.7. The molecule has 0 fully saturated rings. The predicted octanol–water partition coefficient (Wildman–Crippen LogP) is 6.11. The third kappa shape index (κ3) is 6.33. The second kappa shape index (κ2) is 9.73. The van der Waals surface area contributed by atoms with Crippen LogP contribution in [0.2, 0.25) is 10.0 Å². The maximum absolute atomic E-state index is 12.2. The highest BCUT2D eigenvalue weighted by atomic mass is 35.5. The van der Waals surface area contributed by atoms with Crippen LogP contribution >= 0.6 is 47.0 Å². The standard InChI is InChI=1S/C16H18Cl2N2O2S2/c1-11(2)9-22-24-16(21)23-15(8-20-6-5-19-10-20)13-4-3-12(17)7-14(13)18/h3-7,10-11,15H,8-9H2,1-2H3. The lowest BCUT2D eigenvalue weighted by atomic mass is 10.1. The number of hydrogen-bond donors (Lipinski definition) is 0. The van der Waals surface area contributed by atoms with Crippen molar-refractivity contribution in [2.75, 3.05) is 6.61 Å². The minimum atomic E-state index is -0.161. The van der Waals surface area contributed by atoms with E-state index < -0.39 is 0 Å². The molecule has 1 aromatic heterocycles. The Labute approximate surface area is 160 Å². The van der Waals surface area contributed by atoms with Crippen LogP contribution in [0, 0.1) is 5.92 Å². The molecule has 1 aromatic carbocycles. The first-order valence-corrected chi connectivity index (χ1v) is 9.74. The van der Waals surface area contributed by atoms with Crippen molar-refractivity contribution in [2.24, 2.45) is 5.92 Å². The van der Waals surface area contributed by atoms with Crippen LogP contribution in [-0.4, -0.2) is 20.6 Å². The van der Waals surface area contributed by atoms with Gasteiger partial charge < -0.3 is 8.75 Å². The summed E-state index contributed by atoms with van der Waals surface area (Å²) < 4.78 is 7.16. The molecule has 0 bridgehead atoms. The summed E-state index contributed by atoms with van der Waals surface area (Å²) in [6.45, 7) is 5.17. The van der Waals surface area contributed by atoms with E-state index in [4.69, 9.17) is 27.4 Å². The minimum absolute atomic E-state index is 0.105. The molecule has 1 unspecified atom stereocenters. The Morgan fingerprint density at radius 3 is 2.79 bits per heavy atom. The van der Waals surface area contributed by atoms with Crippen molar-refractivity contribution in [3.8, 4) is 0 Å². The van der Waals surface area contributed by atoms with Crippen molar-refractivity contribution in [2.45, 2.75) is 25.6 Å². The van der Waals surface area contributed by atoms with Gasteiger partial charge in [0.05, 0.1) is 30.2 Å². The maximum atomic E-state index is 12.2. The zero-order chi connectivity index (χ0) is 17.5.